The number of rotatable bonds is 5. The van der Waals surface area contributed by atoms with E-state index in [1.807, 2.05) is 58.9 Å². The summed E-state index contributed by atoms with van der Waals surface area (Å²) in [6.07, 6.45) is 0.505. The molecule has 0 aliphatic heterocycles. The third kappa shape index (κ3) is 2.93. The Morgan fingerprint density at radius 1 is 1.42 bits per heavy atom. The highest BCUT2D eigenvalue weighted by Crippen LogP contribution is 2.50. The Balaban J connectivity index is 1.77. The van der Waals surface area contributed by atoms with Crippen molar-refractivity contribution in [2.24, 2.45) is 11.1 Å². The highest BCUT2D eigenvalue weighted by Gasteiger charge is 2.62. The molecule has 1 aromatic heterocycles. The first-order valence-corrected chi connectivity index (χ1v) is 8.95. The molecule has 1 aromatic carbocycles. The van der Waals surface area contributed by atoms with E-state index in [-0.39, 0.29) is 12.0 Å². The molecule has 6 nitrogen and oxygen atoms in total. The molecule has 0 saturated heterocycles. The fraction of sp³-hybridized carbons (Fsp3) is 0.500. The Morgan fingerprint density at radius 2 is 2.15 bits per heavy atom. The Hall–Kier alpha value is -2.18. The van der Waals surface area contributed by atoms with Crippen molar-refractivity contribution in [3.05, 3.63) is 35.7 Å². The van der Waals surface area contributed by atoms with E-state index in [9.17, 15) is 4.79 Å². The summed E-state index contributed by atoms with van der Waals surface area (Å²) in [7, 11) is 0. The lowest BCUT2D eigenvalue weighted by Crippen LogP contribution is -2.74. The van der Waals surface area contributed by atoms with Gasteiger partial charge in [0.05, 0.1) is 11.8 Å². The van der Waals surface area contributed by atoms with Crippen LogP contribution < -0.4 is 11.1 Å². The predicted octanol–water partition coefficient (Wildman–Crippen LogP) is 3.43. The van der Waals surface area contributed by atoms with Gasteiger partial charge in [0.2, 0.25) is 11.8 Å². The predicted molar refractivity (Wildman–Crippen MR) is 101 cm³/mol. The van der Waals surface area contributed by atoms with E-state index in [2.05, 4.69) is 10.3 Å². The number of benzene rings is 1. The lowest BCUT2D eigenvalue weighted by Gasteiger charge is -2.57. The second-order valence-electron chi connectivity index (χ2n) is 7.54. The Labute approximate surface area is 154 Å². The highest BCUT2D eigenvalue weighted by atomic mass is 16.5. The van der Waals surface area contributed by atoms with Crippen molar-refractivity contribution in [1.29, 1.82) is 0 Å². The van der Waals surface area contributed by atoms with Gasteiger partial charge in [-0.05, 0) is 39.0 Å². The van der Waals surface area contributed by atoms with E-state index in [4.69, 9.17) is 14.9 Å². The molecule has 1 amide bonds. The van der Waals surface area contributed by atoms with Gasteiger partial charge in [-0.15, -0.1) is 0 Å². The number of ether oxygens (including phenoxy) is 1. The Kier molecular flexibility index (Phi) is 4.67. The van der Waals surface area contributed by atoms with E-state index in [0.717, 1.165) is 17.0 Å². The van der Waals surface area contributed by atoms with Crippen molar-refractivity contribution in [3.63, 3.8) is 0 Å². The van der Waals surface area contributed by atoms with Gasteiger partial charge in [-0.25, -0.2) is 4.98 Å². The largest absolute Gasteiger partial charge is 0.441 e. The maximum atomic E-state index is 12.9. The number of aromatic nitrogens is 1. The zero-order valence-electron chi connectivity index (χ0n) is 16.1. The summed E-state index contributed by atoms with van der Waals surface area (Å²) in [5, 5.41) is 2.95. The summed E-state index contributed by atoms with van der Waals surface area (Å²) in [4.78, 5) is 17.3. The van der Waals surface area contributed by atoms with E-state index >= 15 is 0 Å². The Morgan fingerprint density at radius 3 is 2.73 bits per heavy atom. The number of carbonyl (C=O) groups excluding carboxylic acids is 1. The molecular formula is C20H27N3O3. The minimum atomic E-state index is -0.959. The van der Waals surface area contributed by atoms with Crippen LogP contribution in [0.1, 0.15) is 38.6 Å². The van der Waals surface area contributed by atoms with E-state index < -0.39 is 11.0 Å². The first-order valence-electron chi connectivity index (χ1n) is 8.95. The van der Waals surface area contributed by atoms with E-state index in [1.165, 1.54) is 0 Å². The van der Waals surface area contributed by atoms with Crippen LogP contribution in [0.4, 0.5) is 5.69 Å². The van der Waals surface area contributed by atoms with Crippen LogP contribution in [0.15, 0.2) is 28.7 Å². The topological polar surface area (TPSA) is 90.4 Å². The summed E-state index contributed by atoms with van der Waals surface area (Å²) in [6, 6.07) is 7.44. The number of amides is 1. The SMILES string of the molecule is CCOC1CC(N)(C(=O)Nc2cccc(-c3nc(C)c(C)o3)c2)C1(C)C. The molecule has 2 unspecified atom stereocenters. The number of hydrogen-bond donors (Lipinski definition) is 2. The first-order chi connectivity index (χ1) is 12.2. The van der Waals surface area contributed by atoms with Crippen LogP contribution in [0, 0.1) is 19.3 Å². The zero-order chi connectivity index (χ0) is 19.1. The fourth-order valence-corrected chi connectivity index (χ4v) is 3.39. The minimum Gasteiger partial charge on any atom is -0.441 e. The molecule has 1 fully saturated rings. The molecule has 0 bridgehead atoms. The van der Waals surface area contributed by atoms with Crippen molar-refractivity contribution in [2.45, 2.75) is 52.7 Å². The molecule has 1 aliphatic carbocycles. The molecule has 0 radical (unpaired) electrons. The molecule has 1 saturated carbocycles. The molecule has 3 N–H and O–H groups in total. The van der Waals surface area contributed by atoms with Crippen LogP contribution in [0.25, 0.3) is 11.5 Å². The van der Waals surface area contributed by atoms with Gasteiger partial charge in [0.1, 0.15) is 11.3 Å². The van der Waals surface area contributed by atoms with Crippen LogP contribution >= 0.6 is 0 Å². The number of carbonyl (C=O) groups is 1. The molecule has 6 heteroatoms. The highest BCUT2D eigenvalue weighted by molar-refractivity contribution is 6.00. The van der Waals surface area contributed by atoms with Gasteiger partial charge in [0, 0.05) is 29.7 Å². The van der Waals surface area contributed by atoms with Crippen LogP contribution in [0.3, 0.4) is 0 Å². The number of anilines is 1. The second kappa shape index (κ2) is 6.52. The smallest absolute Gasteiger partial charge is 0.245 e. The number of nitrogens with two attached hydrogens (primary N) is 1. The van der Waals surface area contributed by atoms with Crippen molar-refractivity contribution < 1.29 is 13.9 Å². The number of oxazole rings is 1. The Bertz CT molecular complexity index is 808. The summed E-state index contributed by atoms with van der Waals surface area (Å²) in [5.74, 6) is 1.13. The molecule has 1 aliphatic rings. The van der Waals surface area contributed by atoms with Gasteiger partial charge < -0.3 is 20.2 Å². The van der Waals surface area contributed by atoms with Crippen molar-refractivity contribution in [3.8, 4) is 11.5 Å². The van der Waals surface area contributed by atoms with Gasteiger partial charge in [-0.3, -0.25) is 4.79 Å². The summed E-state index contributed by atoms with van der Waals surface area (Å²) >= 11 is 0. The van der Waals surface area contributed by atoms with Crippen molar-refractivity contribution in [2.75, 3.05) is 11.9 Å². The van der Waals surface area contributed by atoms with Crippen LogP contribution in [-0.4, -0.2) is 29.1 Å². The molecular weight excluding hydrogens is 330 g/mol. The average Bonchev–Trinajstić information content (AvgIpc) is 2.94. The quantitative estimate of drug-likeness (QED) is 0.855. The molecule has 3 rings (SSSR count). The lowest BCUT2D eigenvalue weighted by molar-refractivity contribution is -0.166. The van der Waals surface area contributed by atoms with Gasteiger partial charge in [-0.2, -0.15) is 0 Å². The van der Waals surface area contributed by atoms with E-state index in [0.29, 0.717) is 24.6 Å². The number of hydrogen-bond acceptors (Lipinski definition) is 5. The van der Waals surface area contributed by atoms with Gasteiger partial charge in [0.15, 0.2) is 0 Å². The molecule has 26 heavy (non-hydrogen) atoms. The number of nitrogens with one attached hydrogen (secondary N) is 1. The molecule has 0 spiro atoms. The zero-order valence-corrected chi connectivity index (χ0v) is 16.1. The van der Waals surface area contributed by atoms with Crippen LogP contribution in [0.5, 0.6) is 0 Å². The second-order valence-corrected chi connectivity index (χ2v) is 7.54. The third-order valence-corrected chi connectivity index (χ3v) is 5.63. The summed E-state index contributed by atoms with van der Waals surface area (Å²) < 4.78 is 11.4. The normalized spacial score (nSPS) is 24.2. The molecule has 2 atom stereocenters. The summed E-state index contributed by atoms with van der Waals surface area (Å²) in [5.41, 5.74) is 7.39. The lowest BCUT2D eigenvalue weighted by atomic mass is 9.54. The standard InChI is InChI=1S/C20H27N3O3/c1-6-25-16-11-20(21,19(16,4)5)18(24)23-15-9-7-8-14(10-15)17-22-12(2)13(3)26-17/h7-10,16H,6,11,21H2,1-5H3,(H,23,24). The van der Waals surface area contributed by atoms with Crippen molar-refractivity contribution in [1.82, 2.24) is 4.98 Å². The molecule has 2 aromatic rings. The van der Waals surface area contributed by atoms with Gasteiger partial charge in [-0.1, -0.05) is 19.9 Å². The van der Waals surface area contributed by atoms with Crippen LogP contribution in [-0.2, 0) is 9.53 Å². The molecule has 1 heterocycles. The third-order valence-electron chi connectivity index (χ3n) is 5.63. The number of aryl methyl sites for hydroxylation is 2. The van der Waals surface area contributed by atoms with Crippen LogP contribution in [0.2, 0.25) is 0 Å². The van der Waals surface area contributed by atoms with Gasteiger partial charge in [0.25, 0.3) is 0 Å². The molecule has 140 valence electrons. The average molecular weight is 357 g/mol. The fourth-order valence-electron chi connectivity index (χ4n) is 3.39. The number of nitrogens with zero attached hydrogens (tertiary/aromatic N) is 1. The van der Waals surface area contributed by atoms with E-state index in [1.54, 1.807) is 0 Å². The minimum absolute atomic E-state index is 0.00662. The first kappa shape index (κ1) is 18.6. The maximum absolute atomic E-state index is 12.9. The monoisotopic (exact) mass is 357 g/mol. The van der Waals surface area contributed by atoms with Gasteiger partial charge >= 0.3 is 0 Å². The summed E-state index contributed by atoms with van der Waals surface area (Å²) in [6.45, 7) is 10.3. The maximum Gasteiger partial charge on any atom is 0.245 e. The van der Waals surface area contributed by atoms with Crippen molar-refractivity contribution >= 4 is 11.6 Å².